The summed E-state index contributed by atoms with van der Waals surface area (Å²) in [5.74, 6) is 1.03. The summed E-state index contributed by atoms with van der Waals surface area (Å²) in [4.78, 5) is 11.6. The Balaban J connectivity index is 1.77. The summed E-state index contributed by atoms with van der Waals surface area (Å²) in [7, 11) is 0. The minimum absolute atomic E-state index is 0.150. The molecule has 21 heavy (non-hydrogen) atoms. The van der Waals surface area contributed by atoms with Crippen molar-refractivity contribution < 1.29 is 14.6 Å². The third-order valence-electron chi connectivity index (χ3n) is 5.15. The highest BCUT2D eigenvalue weighted by molar-refractivity contribution is 5.70. The van der Waals surface area contributed by atoms with Crippen molar-refractivity contribution in [3.8, 4) is 5.75 Å². The fourth-order valence-corrected chi connectivity index (χ4v) is 4.02. The van der Waals surface area contributed by atoms with Gasteiger partial charge >= 0.3 is 5.97 Å². The number of hydrogen-bond donors (Lipinski definition) is 1. The number of carboxylic acid groups (broad SMARTS) is 1. The highest BCUT2D eigenvalue weighted by atomic mass is 16.5. The van der Waals surface area contributed by atoms with Crippen LogP contribution in [0.2, 0.25) is 0 Å². The molecular weight excluding hydrogens is 264 g/mol. The first-order valence-corrected chi connectivity index (χ1v) is 8.20. The molecule has 3 unspecified atom stereocenters. The standard InChI is InChI=1S/C18H24O3/c19-18(20)16-8-3-1-2-6-13(16)12-14-10-11-21-17-9-5-4-7-15(14)17/h4-5,7,9,13-14,16H,1-3,6,8,10-12H2,(H,19,20). The second-order valence-electron chi connectivity index (χ2n) is 6.45. The first-order valence-electron chi connectivity index (χ1n) is 8.20. The van der Waals surface area contributed by atoms with E-state index in [9.17, 15) is 9.90 Å². The van der Waals surface area contributed by atoms with Gasteiger partial charge in [0, 0.05) is 0 Å². The van der Waals surface area contributed by atoms with Crippen molar-refractivity contribution >= 4 is 5.97 Å². The first-order chi connectivity index (χ1) is 10.3. The SMILES string of the molecule is O=C(O)C1CCCCCC1CC1CCOc2ccccc21. The molecule has 0 amide bonds. The molecule has 1 aliphatic heterocycles. The van der Waals surface area contributed by atoms with Crippen LogP contribution in [-0.4, -0.2) is 17.7 Å². The quantitative estimate of drug-likeness (QED) is 0.847. The van der Waals surface area contributed by atoms with E-state index in [2.05, 4.69) is 12.1 Å². The molecule has 1 saturated carbocycles. The van der Waals surface area contributed by atoms with Gasteiger partial charge < -0.3 is 9.84 Å². The van der Waals surface area contributed by atoms with Crippen LogP contribution < -0.4 is 4.74 Å². The fourth-order valence-electron chi connectivity index (χ4n) is 4.02. The lowest BCUT2D eigenvalue weighted by atomic mass is 9.77. The van der Waals surface area contributed by atoms with Crippen molar-refractivity contribution in [1.82, 2.24) is 0 Å². The van der Waals surface area contributed by atoms with Crippen molar-refractivity contribution in [3.63, 3.8) is 0 Å². The Labute approximate surface area is 126 Å². The van der Waals surface area contributed by atoms with E-state index in [0.717, 1.165) is 44.5 Å². The van der Waals surface area contributed by atoms with E-state index in [1.165, 1.54) is 18.4 Å². The van der Waals surface area contributed by atoms with E-state index in [1.54, 1.807) is 0 Å². The normalized spacial score (nSPS) is 29.0. The average Bonchev–Trinajstić information content (AvgIpc) is 2.73. The van der Waals surface area contributed by atoms with E-state index in [1.807, 2.05) is 12.1 Å². The lowest BCUT2D eigenvalue weighted by Gasteiger charge is -2.30. The van der Waals surface area contributed by atoms with Crippen LogP contribution in [0.5, 0.6) is 5.75 Å². The number of aliphatic carboxylic acids is 1. The second kappa shape index (κ2) is 6.50. The summed E-state index contributed by atoms with van der Waals surface area (Å²) in [5.41, 5.74) is 1.28. The van der Waals surface area contributed by atoms with E-state index in [4.69, 9.17) is 4.74 Å². The fraction of sp³-hybridized carbons (Fsp3) is 0.611. The Bertz CT molecular complexity index is 497. The van der Waals surface area contributed by atoms with Crippen LogP contribution in [0.3, 0.4) is 0 Å². The molecule has 1 aromatic rings. The van der Waals surface area contributed by atoms with Gasteiger partial charge in [0.25, 0.3) is 0 Å². The summed E-state index contributed by atoms with van der Waals surface area (Å²) in [6.45, 7) is 0.756. The highest BCUT2D eigenvalue weighted by Gasteiger charge is 2.33. The van der Waals surface area contributed by atoms with Crippen molar-refractivity contribution in [2.45, 2.75) is 50.9 Å². The molecule has 0 aromatic heterocycles. The van der Waals surface area contributed by atoms with Gasteiger partial charge in [-0.05, 0) is 49.1 Å². The summed E-state index contributed by atoms with van der Waals surface area (Å²) in [6, 6.07) is 8.24. The first kappa shape index (κ1) is 14.4. The summed E-state index contributed by atoms with van der Waals surface area (Å²) < 4.78 is 5.73. The summed E-state index contributed by atoms with van der Waals surface area (Å²) >= 11 is 0. The van der Waals surface area contributed by atoms with Crippen LogP contribution in [-0.2, 0) is 4.79 Å². The highest BCUT2D eigenvalue weighted by Crippen LogP contribution is 2.41. The van der Waals surface area contributed by atoms with Gasteiger partial charge in [-0.2, -0.15) is 0 Å². The van der Waals surface area contributed by atoms with Crippen molar-refractivity contribution in [1.29, 1.82) is 0 Å². The van der Waals surface area contributed by atoms with Gasteiger partial charge in [-0.3, -0.25) is 4.79 Å². The van der Waals surface area contributed by atoms with Crippen LogP contribution in [0.15, 0.2) is 24.3 Å². The predicted octanol–water partition coefficient (Wildman–Crippen LogP) is 4.22. The van der Waals surface area contributed by atoms with Crippen LogP contribution in [0.25, 0.3) is 0 Å². The molecule has 3 heteroatoms. The van der Waals surface area contributed by atoms with Crippen molar-refractivity contribution in [2.75, 3.05) is 6.61 Å². The Morgan fingerprint density at radius 1 is 1.14 bits per heavy atom. The van der Waals surface area contributed by atoms with Crippen LogP contribution in [0.1, 0.15) is 56.4 Å². The van der Waals surface area contributed by atoms with Gasteiger partial charge in [-0.25, -0.2) is 0 Å². The maximum Gasteiger partial charge on any atom is 0.306 e. The maximum absolute atomic E-state index is 11.6. The van der Waals surface area contributed by atoms with Crippen LogP contribution in [0, 0.1) is 11.8 Å². The number of carbonyl (C=O) groups is 1. The molecule has 114 valence electrons. The Hall–Kier alpha value is -1.51. The zero-order valence-corrected chi connectivity index (χ0v) is 12.5. The molecule has 1 aromatic carbocycles. The third kappa shape index (κ3) is 3.22. The molecule has 3 atom stereocenters. The van der Waals surface area contributed by atoms with E-state index in [-0.39, 0.29) is 5.92 Å². The van der Waals surface area contributed by atoms with Gasteiger partial charge in [-0.1, -0.05) is 37.5 Å². The molecular formula is C18H24O3. The lowest BCUT2D eigenvalue weighted by molar-refractivity contribution is -0.144. The molecule has 1 fully saturated rings. The van der Waals surface area contributed by atoms with Gasteiger partial charge in [0.15, 0.2) is 0 Å². The zero-order valence-electron chi connectivity index (χ0n) is 12.5. The Morgan fingerprint density at radius 3 is 2.81 bits per heavy atom. The van der Waals surface area contributed by atoms with E-state index < -0.39 is 5.97 Å². The topological polar surface area (TPSA) is 46.5 Å². The molecule has 0 radical (unpaired) electrons. The molecule has 3 nitrogen and oxygen atoms in total. The molecule has 1 N–H and O–H groups in total. The third-order valence-corrected chi connectivity index (χ3v) is 5.15. The van der Waals surface area contributed by atoms with Crippen molar-refractivity contribution in [3.05, 3.63) is 29.8 Å². The van der Waals surface area contributed by atoms with Crippen molar-refractivity contribution in [2.24, 2.45) is 11.8 Å². The maximum atomic E-state index is 11.6. The average molecular weight is 288 g/mol. The summed E-state index contributed by atoms with van der Waals surface area (Å²) in [6.07, 6.45) is 7.36. The molecule has 0 saturated heterocycles. The predicted molar refractivity (Wildman–Crippen MR) is 81.6 cm³/mol. The lowest BCUT2D eigenvalue weighted by Crippen LogP contribution is -2.26. The Morgan fingerprint density at radius 2 is 1.95 bits per heavy atom. The second-order valence-corrected chi connectivity index (χ2v) is 6.45. The number of rotatable bonds is 3. The molecule has 0 bridgehead atoms. The molecule has 1 aliphatic carbocycles. The zero-order chi connectivity index (χ0) is 14.7. The minimum atomic E-state index is -0.595. The number of hydrogen-bond acceptors (Lipinski definition) is 2. The monoisotopic (exact) mass is 288 g/mol. The molecule has 3 rings (SSSR count). The summed E-state index contributed by atoms with van der Waals surface area (Å²) in [5, 5.41) is 9.53. The largest absolute Gasteiger partial charge is 0.493 e. The molecule has 0 spiro atoms. The number of para-hydroxylation sites is 1. The van der Waals surface area contributed by atoms with Gasteiger partial charge in [0.2, 0.25) is 0 Å². The number of fused-ring (bicyclic) bond motifs is 1. The van der Waals surface area contributed by atoms with Gasteiger partial charge in [0.05, 0.1) is 12.5 Å². The number of benzene rings is 1. The number of ether oxygens (including phenoxy) is 1. The van der Waals surface area contributed by atoms with Gasteiger partial charge in [-0.15, -0.1) is 0 Å². The molecule has 1 heterocycles. The van der Waals surface area contributed by atoms with Gasteiger partial charge in [0.1, 0.15) is 5.75 Å². The smallest absolute Gasteiger partial charge is 0.306 e. The van der Waals surface area contributed by atoms with E-state index >= 15 is 0 Å². The van der Waals surface area contributed by atoms with Crippen LogP contribution >= 0.6 is 0 Å². The minimum Gasteiger partial charge on any atom is -0.493 e. The Kier molecular flexibility index (Phi) is 4.47. The van der Waals surface area contributed by atoms with Crippen LogP contribution in [0.4, 0.5) is 0 Å². The molecule has 2 aliphatic rings. The van der Waals surface area contributed by atoms with E-state index in [0.29, 0.717) is 11.8 Å². The number of carboxylic acids is 1.